The Labute approximate surface area is 278 Å². The molecule has 0 aliphatic rings. The number of nitrogens with zero attached hydrogens (tertiary/aromatic N) is 3. The summed E-state index contributed by atoms with van der Waals surface area (Å²) in [6.45, 7) is 2.03. The Balaban J connectivity index is 0.000000216. The second-order valence-corrected chi connectivity index (χ2v) is 22.8. The van der Waals surface area contributed by atoms with Gasteiger partial charge in [0.05, 0.1) is 5.58 Å². The summed E-state index contributed by atoms with van der Waals surface area (Å²) < 4.78 is 66.7. The maximum absolute atomic E-state index is 14.4. The molecule has 4 heterocycles. The van der Waals surface area contributed by atoms with Crippen molar-refractivity contribution in [3.8, 4) is 22.5 Å². The standard InChI is InChI=1S/C20H16FN2O.C16H20GeN.Ir/c1-20(2,3)12-8-10-22-16(11-12)13-6-7-15(21)17-14-5-4-9-23-19(14)24-18(13)17;1-12-6-8-14(9-7-12)16-10-13(2)15(11-18-16)17(3,4)5;/h4-5,7-11H,1-3H3;6-8,10-11H,1-5H3;/q2*-1;/i;1D3,2D3;. The number of benzene rings is 2. The van der Waals surface area contributed by atoms with Crippen LogP contribution in [0.3, 0.4) is 0 Å². The van der Waals surface area contributed by atoms with Gasteiger partial charge in [-0.1, -0.05) is 32.4 Å². The minimum absolute atomic E-state index is 0. The Morgan fingerprint density at radius 2 is 1.72 bits per heavy atom. The van der Waals surface area contributed by atoms with Gasteiger partial charge >= 0.3 is 121 Å². The van der Waals surface area contributed by atoms with Crippen LogP contribution in [0.5, 0.6) is 0 Å². The number of hydrogen-bond acceptors (Lipinski definition) is 4. The normalized spacial score (nSPS) is 14.3. The fourth-order valence-electron chi connectivity index (χ4n) is 4.63. The van der Waals surface area contributed by atoms with Crippen molar-refractivity contribution >= 4 is 39.7 Å². The van der Waals surface area contributed by atoms with Crippen molar-refractivity contribution in [1.29, 1.82) is 0 Å². The molecule has 0 N–H and O–H groups in total. The van der Waals surface area contributed by atoms with E-state index in [1.165, 1.54) is 18.2 Å². The molecule has 6 rings (SSSR count). The summed E-state index contributed by atoms with van der Waals surface area (Å²) in [7, 11) is 0. The maximum Gasteiger partial charge on any atom is 0 e. The van der Waals surface area contributed by atoms with Crippen LogP contribution in [0.25, 0.3) is 44.6 Å². The first-order chi connectivity index (χ1) is 22.2. The van der Waals surface area contributed by atoms with E-state index >= 15 is 0 Å². The van der Waals surface area contributed by atoms with Gasteiger partial charge in [0, 0.05) is 43.7 Å². The number of pyridine rings is 3. The summed E-state index contributed by atoms with van der Waals surface area (Å²) in [6.07, 6.45) is 5.06. The molecule has 0 spiro atoms. The molecule has 0 bridgehead atoms. The molecule has 223 valence electrons. The van der Waals surface area contributed by atoms with Crippen molar-refractivity contribution in [3.05, 3.63) is 108 Å². The van der Waals surface area contributed by atoms with Crippen molar-refractivity contribution in [2.75, 3.05) is 0 Å². The summed E-state index contributed by atoms with van der Waals surface area (Å²) >= 11 is -2.38. The number of hydrogen-bond donors (Lipinski definition) is 0. The molecule has 0 aliphatic carbocycles. The molecular weight excluding hydrogens is 774 g/mol. The summed E-state index contributed by atoms with van der Waals surface area (Å²) in [6, 6.07) is 20.9. The first-order valence-electron chi connectivity index (χ1n) is 16.6. The van der Waals surface area contributed by atoms with Crippen LogP contribution >= 0.6 is 0 Å². The third kappa shape index (κ3) is 7.14. The van der Waals surface area contributed by atoms with Crippen LogP contribution < -0.4 is 4.40 Å². The van der Waals surface area contributed by atoms with E-state index in [0.717, 1.165) is 9.96 Å². The van der Waals surface area contributed by atoms with E-state index in [1.807, 2.05) is 12.1 Å². The van der Waals surface area contributed by atoms with E-state index in [4.69, 9.17) is 12.6 Å². The minimum atomic E-state index is -2.38. The summed E-state index contributed by atoms with van der Waals surface area (Å²) in [5, 5.41) is 1.09. The largest absolute Gasteiger partial charge is 0 e. The van der Waals surface area contributed by atoms with Gasteiger partial charge in [0.15, 0.2) is 0 Å². The van der Waals surface area contributed by atoms with Gasteiger partial charge in [-0.2, -0.15) is 0 Å². The zero-order valence-corrected chi connectivity index (χ0v) is 29.4. The molecule has 7 heteroatoms. The summed E-state index contributed by atoms with van der Waals surface area (Å²) in [5.74, 6) is 6.02. The van der Waals surface area contributed by atoms with E-state index in [9.17, 15) is 4.39 Å². The van der Waals surface area contributed by atoms with Gasteiger partial charge in [0.2, 0.25) is 5.71 Å². The minimum Gasteiger partial charge on any atom is 0 e. The Bertz CT molecular complexity index is 2100. The Kier molecular flexibility index (Phi) is 7.50. The molecule has 0 amide bonds. The Hall–Kier alpha value is -3.19. The molecule has 0 saturated heterocycles. The number of rotatable bonds is 3. The molecule has 0 saturated carbocycles. The molecule has 0 aliphatic heterocycles. The maximum atomic E-state index is 14.4. The molecular formula is C36H36FGeIrN3O-2. The van der Waals surface area contributed by atoms with Crippen LogP contribution in [0, 0.1) is 31.7 Å². The van der Waals surface area contributed by atoms with Crippen LogP contribution in [0.4, 0.5) is 4.39 Å². The number of furan rings is 1. The molecule has 0 atom stereocenters. The summed E-state index contributed by atoms with van der Waals surface area (Å²) in [5.41, 5.74) is 4.97. The third-order valence-corrected chi connectivity index (χ3v) is 11.2. The van der Waals surface area contributed by atoms with E-state index < -0.39 is 27.0 Å². The van der Waals surface area contributed by atoms with Crippen molar-refractivity contribution in [3.63, 3.8) is 0 Å². The van der Waals surface area contributed by atoms with Crippen molar-refractivity contribution in [2.24, 2.45) is 0 Å². The molecule has 2 aromatic carbocycles. The summed E-state index contributed by atoms with van der Waals surface area (Å²) in [4.78, 5) is 13.0. The molecule has 0 fully saturated rings. The molecule has 0 unspecified atom stereocenters. The van der Waals surface area contributed by atoms with Gasteiger partial charge in [0.25, 0.3) is 0 Å². The monoisotopic (exact) mass is 818 g/mol. The van der Waals surface area contributed by atoms with Crippen LogP contribution in [0.15, 0.2) is 77.6 Å². The Morgan fingerprint density at radius 3 is 2.40 bits per heavy atom. The van der Waals surface area contributed by atoms with E-state index in [-0.39, 0.29) is 36.9 Å². The predicted molar refractivity (Wildman–Crippen MR) is 173 cm³/mol. The number of aromatic nitrogens is 3. The second kappa shape index (κ2) is 12.8. The van der Waals surface area contributed by atoms with Gasteiger partial charge in [-0.15, -0.1) is 12.1 Å². The number of fused-ring (bicyclic) bond motifs is 3. The Morgan fingerprint density at radius 1 is 0.907 bits per heavy atom. The van der Waals surface area contributed by atoms with Gasteiger partial charge in [-0.25, -0.2) is 4.98 Å². The molecule has 4 nitrogen and oxygen atoms in total. The van der Waals surface area contributed by atoms with E-state index in [0.29, 0.717) is 50.1 Å². The molecule has 1 radical (unpaired) electrons. The first kappa shape index (κ1) is 25.2. The topological polar surface area (TPSA) is 51.8 Å². The van der Waals surface area contributed by atoms with Crippen LogP contribution in [-0.4, -0.2) is 28.2 Å². The average Bonchev–Trinajstić information content (AvgIpc) is 3.40. The van der Waals surface area contributed by atoms with Crippen molar-refractivity contribution < 1.29 is 37.1 Å². The zero-order valence-electron chi connectivity index (χ0n) is 30.9. The first-order valence-corrected chi connectivity index (χ1v) is 21.0. The number of aryl methyl sites for hydroxylation is 2. The SMILES string of the molecule is CC(C)(C)c1ccnc(-c2[c-]cc(F)c3c2oc2ncccc23)c1.[2H]C([2H])([2H])c1c[c-]c(-c2cc(C([2H])([2H])[2H])[c]([Ge]([CH3])([CH3])[CH3])cn2)cc1.[Ir]. The van der Waals surface area contributed by atoms with E-state index in [2.05, 4.69) is 65.1 Å². The smallest absolute Gasteiger partial charge is 0 e. The molecule has 6 aromatic rings. The number of halogens is 1. The fourth-order valence-corrected chi connectivity index (χ4v) is 7.42. The van der Waals surface area contributed by atoms with Crippen molar-refractivity contribution in [2.45, 2.75) is 57.2 Å². The van der Waals surface area contributed by atoms with Crippen LogP contribution in [0.2, 0.25) is 17.3 Å². The third-order valence-electron chi connectivity index (χ3n) is 6.96. The predicted octanol–water partition coefficient (Wildman–Crippen LogP) is 8.99. The average molecular weight is 817 g/mol. The van der Waals surface area contributed by atoms with E-state index in [1.54, 1.807) is 42.9 Å². The van der Waals surface area contributed by atoms with Crippen molar-refractivity contribution in [1.82, 2.24) is 15.0 Å². The molecule has 43 heavy (non-hydrogen) atoms. The van der Waals surface area contributed by atoms with Gasteiger partial charge in [-0.3, -0.25) is 4.39 Å². The molecule has 4 aromatic heterocycles. The van der Waals surface area contributed by atoms with Gasteiger partial charge in [0.1, 0.15) is 0 Å². The second-order valence-electron chi connectivity index (χ2n) is 12.2. The van der Waals surface area contributed by atoms with Crippen LogP contribution in [-0.2, 0) is 25.5 Å². The van der Waals surface area contributed by atoms with Crippen LogP contribution in [0.1, 0.15) is 45.7 Å². The van der Waals surface area contributed by atoms with Gasteiger partial charge < -0.3 is 9.40 Å². The quantitative estimate of drug-likeness (QED) is 0.132. The fraction of sp³-hybridized carbons (Fsp3) is 0.250. The van der Waals surface area contributed by atoms with Gasteiger partial charge in [-0.05, 0) is 40.3 Å². The zero-order chi connectivity index (χ0) is 35.2.